The van der Waals surface area contributed by atoms with E-state index in [2.05, 4.69) is 6.58 Å². The maximum Gasteiger partial charge on any atom is 0.117 e. The number of aliphatic hydroxyl groups excluding tert-OH is 1. The molecular formula is C28H30O4. The fraction of sp³-hybridized carbons (Fsp3) is 0.286. The maximum absolute atomic E-state index is 11.1. The Morgan fingerprint density at radius 1 is 0.844 bits per heavy atom. The van der Waals surface area contributed by atoms with E-state index in [-0.39, 0.29) is 12.2 Å². The number of ether oxygens (including phenoxy) is 3. The Labute approximate surface area is 190 Å². The van der Waals surface area contributed by atoms with Crippen molar-refractivity contribution in [1.82, 2.24) is 0 Å². The molecule has 3 aromatic rings. The fourth-order valence-electron chi connectivity index (χ4n) is 4.11. The van der Waals surface area contributed by atoms with Gasteiger partial charge in [0.2, 0.25) is 0 Å². The van der Waals surface area contributed by atoms with Crippen molar-refractivity contribution in [3.05, 3.63) is 120 Å². The Morgan fingerprint density at radius 3 is 2.00 bits per heavy atom. The smallest absolute Gasteiger partial charge is 0.117 e. The quantitative estimate of drug-likeness (QED) is 0.447. The average Bonchev–Trinajstić information content (AvgIpc) is 3.15. The van der Waals surface area contributed by atoms with E-state index in [9.17, 15) is 5.11 Å². The Hall–Kier alpha value is -2.76. The Morgan fingerprint density at radius 2 is 1.41 bits per heavy atom. The highest BCUT2D eigenvalue weighted by Crippen LogP contribution is 2.37. The molecule has 0 aliphatic carbocycles. The molecule has 5 atom stereocenters. The van der Waals surface area contributed by atoms with Gasteiger partial charge in [-0.05, 0) is 23.1 Å². The molecule has 3 aromatic carbocycles. The van der Waals surface area contributed by atoms with Crippen molar-refractivity contribution in [2.75, 3.05) is 0 Å². The van der Waals surface area contributed by atoms with Gasteiger partial charge in [0.1, 0.15) is 24.4 Å². The summed E-state index contributed by atoms with van der Waals surface area (Å²) >= 11 is 0. The summed E-state index contributed by atoms with van der Waals surface area (Å²) in [6.45, 7) is 4.65. The third-order valence-electron chi connectivity index (χ3n) is 5.76. The Kier molecular flexibility index (Phi) is 7.86. The molecule has 1 aliphatic rings. The Bertz CT molecular complexity index is 945. The minimum absolute atomic E-state index is 0.384. The summed E-state index contributed by atoms with van der Waals surface area (Å²) < 4.78 is 19.0. The van der Waals surface area contributed by atoms with Crippen LogP contribution in [0.5, 0.6) is 0 Å². The first-order chi connectivity index (χ1) is 15.8. The topological polar surface area (TPSA) is 47.9 Å². The number of hydrogen-bond acceptors (Lipinski definition) is 4. The molecule has 1 saturated heterocycles. The van der Waals surface area contributed by atoms with Gasteiger partial charge in [-0.1, -0.05) is 97.1 Å². The van der Waals surface area contributed by atoms with Crippen LogP contribution in [0.15, 0.2) is 104 Å². The van der Waals surface area contributed by atoms with Crippen molar-refractivity contribution in [2.45, 2.75) is 50.2 Å². The first-order valence-corrected chi connectivity index (χ1v) is 11.1. The zero-order chi connectivity index (χ0) is 22.2. The second kappa shape index (κ2) is 11.2. The number of rotatable bonds is 10. The summed E-state index contributed by atoms with van der Waals surface area (Å²) in [5.74, 6) is 0. The van der Waals surface area contributed by atoms with Crippen LogP contribution in [0.4, 0.5) is 0 Å². The van der Waals surface area contributed by atoms with Crippen LogP contribution in [0.3, 0.4) is 0 Å². The first-order valence-electron chi connectivity index (χ1n) is 11.1. The third-order valence-corrected chi connectivity index (χ3v) is 5.76. The SMILES string of the molecule is C=CC[C@H]1O[C@H]([C@@H](OCc2ccccc2)c2ccccc2)[C@@H](OCc2ccccc2)[C@H]1O. The third kappa shape index (κ3) is 5.53. The van der Waals surface area contributed by atoms with Crippen LogP contribution >= 0.6 is 0 Å². The highest BCUT2D eigenvalue weighted by molar-refractivity contribution is 5.21. The van der Waals surface area contributed by atoms with Gasteiger partial charge in [0, 0.05) is 0 Å². The van der Waals surface area contributed by atoms with Crippen molar-refractivity contribution in [3.8, 4) is 0 Å². The lowest BCUT2D eigenvalue weighted by Gasteiger charge is -2.29. The summed E-state index contributed by atoms with van der Waals surface area (Å²) in [4.78, 5) is 0. The van der Waals surface area contributed by atoms with Crippen LogP contribution in [0.25, 0.3) is 0 Å². The summed E-state index contributed by atoms with van der Waals surface area (Å²) in [6.07, 6.45) is -0.207. The van der Waals surface area contributed by atoms with Gasteiger partial charge in [-0.2, -0.15) is 0 Å². The van der Waals surface area contributed by atoms with Crippen molar-refractivity contribution in [2.24, 2.45) is 0 Å². The molecular weight excluding hydrogens is 400 g/mol. The maximum atomic E-state index is 11.1. The van der Waals surface area contributed by atoms with Gasteiger partial charge in [0.25, 0.3) is 0 Å². The highest BCUT2D eigenvalue weighted by atomic mass is 16.6. The van der Waals surface area contributed by atoms with E-state index in [1.165, 1.54) is 0 Å². The molecule has 0 amide bonds. The van der Waals surface area contributed by atoms with Crippen LogP contribution in [0.1, 0.15) is 29.2 Å². The van der Waals surface area contributed by atoms with E-state index in [1.807, 2.05) is 91.0 Å². The van der Waals surface area contributed by atoms with Gasteiger partial charge in [-0.15, -0.1) is 6.58 Å². The standard InChI is InChI=1S/C28H30O4/c1-2-12-24-25(29)27(31-20-22-15-8-4-9-16-22)28(32-24)26(23-17-10-5-11-18-23)30-19-21-13-6-3-7-14-21/h2-11,13-18,24-29H,1,12,19-20H2/t24-,25+,26+,27+,28-/m1/s1. The highest BCUT2D eigenvalue weighted by Gasteiger charge is 2.48. The van der Waals surface area contributed by atoms with Crippen LogP contribution < -0.4 is 0 Å². The molecule has 4 heteroatoms. The minimum atomic E-state index is -0.770. The lowest BCUT2D eigenvalue weighted by atomic mass is 9.97. The summed E-state index contributed by atoms with van der Waals surface area (Å²) in [5, 5.41) is 11.1. The lowest BCUT2D eigenvalue weighted by Crippen LogP contribution is -2.38. The van der Waals surface area contributed by atoms with Gasteiger partial charge in [0.05, 0.1) is 19.3 Å². The minimum Gasteiger partial charge on any atom is -0.388 e. The average molecular weight is 431 g/mol. The molecule has 166 valence electrons. The monoisotopic (exact) mass is 430 g/mol. The molecule has 1 heterocycles. The molecule has 0 saturated carbocycles. The lowest BCUT2D eigenvalue weighted by molar-refractivity contribution is -0.119. The number of aliphatic hydroxyl groups is 1. The van der Waals surface area contributed by atoms with Gasteiger partial charge in [-0.25, -0.2) is 0 Å². The zero-order valence-electron chi connectivity index (χ0n) is 18.1. The fourth-order valence-corrected chi connectivity index (χ4v) is 4.11. The number of benzene rings is 3. The van der Waals surface area contributed by atoms with E-state index < -0.39 is 18.3 Å². The summed E-state index contributed by atoms with van der Waals surface area (Å²) in [6, 6.07) is 30.0. The van der Waals surface area contributed by atoms with E-state index in [0.29, 0.717) is 19.6 Å². The number of hydrogen-bond donors (Lipinski definition) is 1. The van der Waals surface area contributed by atoms with E-state index >= 15 is 0 Å². The molecule has 1 fully saturated rings. The van der Waals surface area contributed by atoms with Crippen molar-refractivity contribution in [1.29, 1.82) is 0 Å². The first kappa shape index (κ1) is 22.4. The molecule has 0 bridgehead atoms. The van der Waals surface area contributed by atoms with Crippen LogP contribution in [-0.2, 0) is 27.4 Å². The predicted octanol–water partition coefficient (Wildman–Crippen LogP) is 5.23. The molecule has 1 aliphatic heterocycles. The van der Waals surface area contributed by atoms with Crippen LogP contribution in [0, 0.1) is 0 Å². The largest absolute Gasteiger partial charge is 0.388 e. The van der Waals surface area contributed by atoms with Crippen molar-refractivity contribution >= 4 is 0 Å². The van der Waals surface area contributed by atoms with Crippen molar-refractivity contribution < 1.29 is 19.3 Å². The zero-order valence-corrected chi connectivity index (χ0v) is 18.1. The molecule has 4 nitrogen and oxygen atoms in total. The molecule has 0 aromatic heterocycles. The summed E-state index contributed by atoms with van der Waals surface area (Å²) in [7, 11) is 0. The summed E-state index contributed by atoms with van der Waals surface area (Å²) in [5.41, 5.74) is 3.12. The molecule has 0 radical (unpaired) electrons. The van der Waals surface area contributed by atoms with Crippen LogP contribution in [0.2, 0.25) is 0 Å². The van der Waals surface area contributed by atoms with Gasteiger partial charge >= 0.3 is 0 Å². The molecule has 1 N–H and O–H groups in total. The van der Waals surface area contributed by atoms with Crippen LogP contribution in [-0.4, -0.2) is 29.5 Å². The van der Waals surface area contributed by atoms with E-state index in [4.69, 9.17) is 14.2 Å². The second-order valence-corrected chi connectivity index (χ2v) is 8.04. The van der Waals surface area contributed by atoms with E-state index in [1.54, 1.807) is 6.08 Å². The molecule has 4 rings (SSSR count). The molecule has 0 unspecified atom stereocenters. The molecule has 32 heavy (non-hydrogen) atoms. The normalized spacial score (nSPS) is 23.7. The van der Waals surface area contributed by atoms with E-state index in [0.717, 1.165) is 16.7 Å². The van der Waals surface area contributed by atoms with Crippen molar-refractivity contribution in [3.63, 3.8) is 0 Å². The van der Waals surface area contributed by atoms with Gasteiger partial charge < -0.3 is 19.3 Å². The van der Waals surface area contributed by atoms with Gasteiger partial charge in [0.15, 0.2) is 0 Å². The molecule has 0 spiro atoms. The second-order valence-electron chi connectivity index (χ2n) is 8.04. The Balaban J connectivity index is 1.58. The van der Waals surface area contributed by atoms with Gasteiger partial charge in [-0.3, -0.25) is 0 Å². The predicted molar refractivity (Wildman–Crippen MR) is 125 cm³/mol.